The molecule has 0 atom stereocenters. The molecule has 0 radical (unpaired) electrons. The maximum Gasteiger partial charge on any atom is 0.294 e. The predicted octanol–water partition coefficient (Wildman–Crippen LogP) is 5.65. The van der Waals surface area contributed by atoms with E-state index in [1.54, 1.807) is 31.3 Å². The van der Waals surface area contributed by atoms with Gasteiger partial charge in [-0.25, -0.2) is 8.78 Å². The van der Waals surface area contributed by atoms with Crippen molar-refractivity contribution >= 4 is 5.69 Å². The van der Waals surface area contributed by atoms with Crippen LogP contribution in [0, 0.1) is 11.6 Å². The zero-order valence-electron chi connectivity index (χ0n) is 15.2. The molecule has 7 heteroatoms. The Hall–Kier alpha value is -3.09. The average molecular weight is 389 g/mol. The van der Waals surface area contributed by atoms with Crippen LogP contribution >= 0.6 is 0 Å². The molecular weight excluding hydrogens is 370 g/mol. The summed E-state index contributed by atoms with van der Waals surface area (Å²) >= 11 is 0. The van der Waals surface area contributed by atoms with Crippen molar-refractivity contribution in [1.29, 1.82) is 0 Å². The smallest absolute Gasteiger partial charge is 0.294 e. The zero-order valence-corrected chi connectivity index (χ0v) is 15.2. The second kappa shape index (κ2) is 7.88. The van der Waals surface area contributed by atoms with Crippen molar-refractivity contribution in [2.75, 3.05) is 5.32 Å². The summed E-state index contributed by atoms with van der Waals surface area (Å²) in [5, 5.41) is 6.86. The lowest BCUT2D eigenvalue weighted by Crippen LogP contribution is -2.13. The second-order valence-corrected chi connectivity index (χ2v) is 6.37. The zero-order chi connectivity index (χ0) is 20.3. The third-order valence-corrected chi connectivity index (χ3v) is 4.37. The van der Waals surface area contributed by atoms with Crippen molar-refractivity contribution in [3.8, 4) is 11.3 Å². The van der Waals surface area contributed by atoms with Gasteiger partial charge in [0, 0.05) is 31.3 Å². The van der Waals surface area contributed by atoms with Crippen LogP contribution in [-0.4, -0.2) is 9.78 Å². The number of anilines is 1. The molecule has 146 valence electrons. The Bertz CT molecular complexity index is 958. The largest absolute Gasteiger partial charge is 0.381 e. The van der Waals surface area contributed by atoms with Gasteiger partial charge in [-0.05, 0) is 35.9 Å². The van der Waals surface area contributed by atoms with Crippen LogP contribution in [0.25, 0.3) is 11.3 Å². The van der Waals surface area contributed by atoms with E-state index in [2.05, 4.69) is 17.0 Å². The van der Waals surface area contributed by atoms with Gasteiger partial charge in [0.15, 0.2) is 0 Å². The van der Waals surface area contributed by atoms with Crippen LogP contribution in [0.1, 0.15) is 17.7 Å². The number of nitrogens with one attached hydrogen (secondary N) is 1. The van der Waals surface area contributed by atoms with E-state index in [9.17, 15) is 17.6 Å². The number of alkyl halides is 2. The number of allylic oxidation sites excluding steroid dienone is 1. The number of aromatic nitrogens is 2. The molecule has 3 nitrogen and oxygen atoms in total. The number of hydrogen-bond acceptors (Lipinski definition) is 2. The third kappa shape index (κ3) is 4.08. The quantitative estimate of drug-likeness (QED) is 0.418. The number of hydrogen-bond donors (Lipinski definition) is 1. The number of nitrogens with zero attached hydrogens (tertiary/aromatic N) is 2. The van der Waals surface area contributed by atoms with E-state index in [-0.39, 0.29) is 17.8 Å². The fraction of sp³-hybridized carbons (Fsp3) is 0.190. The molecule has 0 aliphatic heterocycles. The highest BCUT2D eigenvalue weighted by atomic mass is 19.3. The Balaban J connectivity index is 1.76. The molecule has 1 heterocycles. The van der Waals surface area contributed by atoms with E-state index >= 15 is 0 Å². The van der Waals surface area contributed by atoms with Crippen LogP contribution in [0.2, 0.25) is 0 Å². The fourth-order valence-corrected chi connectivity index (χ4v) is 2.85. The maximum atomic E-state index is 14.0. The molecular formula is C21H19F4N3. The minimum Gasteiger partial charge on any atom is -0.381 e. The van der Waals surface area contributed by atoms with E-state index in [1.165, 1.54) is 28.9 Å². The summed E-state index contributed by atoms with van der Waals surface area (Å²) in [5.41, 5.74) is 1.50. The van der Waals surface area contributed by atoms with Crippen LogP contribution in [0.3, 0.4) is 0 Å². The van der Waals surface area contributed by atoms with Gasteiger partial charge in [-0.3, -0.25) is 4.68 Å². The van der Waals surface area contributed by atoms with Crippen molar-refractivity contribution in [3.05, 3.63) is 84.1 Å². The van der Waals surface area contributed by atoms with Gasteiger partial charge in [0.1, 0.15) is 17.3 Å². The number of benzene rings is 2. The molecule has 3 aromatic rings. The molecule has 0 unspecified atom stereocenters. The molecule has 0 amide bonds. The van der Waals surface area contributed by atoms with Gasteiger partial charge in [-0.15, -0.1) is 6.58 Å². The lowest BCUT2D eigenvalue weighted by molar-refractivity contribution is -0.00591. The monoisotopic (exact) mass is 389 g/mol. The lowest BCUT2D eigenvalue weighted by atomic mass is 10.1. The molecule has 0 aliphatic rings. The first-order chi connectivity index (χ1) is 13.3. The van der Waals surface area contributed by atoms with Gasteiger partial charge in [0.25, 0.3) is 5.92 Å². The van der Waals surface area contributed by atoms with Gasteiger partial charge in [-0.2, -0.15) is 13.9 Å². The second-order valence-electron chi connectivity index (χ2n) is 6.37. The van der Waals surface area contributed by atoms with Crippen LogP contribution in [0.15, 0.2) is 61.2 Å². The minimum absolute atomic E-state index is 0.0124. The van der Waals surface area contributed by atoms with Crippen LogP contribution in [-0.2, 0) is 19.5 Å². The Morgan fingerprint density at radius 3 is 2.36 bits per heavy atom. The lowest BCUT2D eigenvalue weighted by Gasteiger charge is -2.10. The standard InChI is InChI=1S/C21H19F4N3/c1-3-11-21(24,25)20-12-19(28(2)27-20)14-7-9-15(10-8-14)26-13-16-17(22)5-4-6-18(16)23/h3-10,12,26H,1,11,13H2,2H3. The van der Waals surface area contributed by atoms with Gasteiger partial charge in [0.2, 0.25) is 0 Å². The first kappa shape index (κ1) is 19.7. The summed E-state index contributed by atoms with van der Waals surface area (Å²) in [6.45, 7) is 3.34. The Labute approximate surface area is 160 Å². The van der Waals surface area contributed by atoms with E-state index in [1.807, 2.05) is 0 Å². The van der Waals surface area contributed by atoms with Gasteiger partial charge >= 0.3 is 0 Å². The van der Waals surface area contributed by atoms with Gasteiger partial charge < -0.3 is 5.32 Å². The van der Waals surface area contributed by atoms with E-state index in [0.717, 1.165) is 6.08 Å². The highest BCUT2D eigenvalue weighted by molar-refractivity contribution is 5.63. The minimum atomic E-state index is -3.08. The van der Waals surface area contributed by atoms with Gasteiger partial charge in [-0.1, -0.05) is 24.3 Å². The molecule has 0 saturated carbocycles. The highest BCUT2D eigenvalue weighted by Gasteiger charge is 2.33. The summed E-state index contributed by atoms with van der Waals surface area (Å²) in [6.07, 6.45) is 0.673. The van der Waals surface area contributed by atoms with Gasteiger partial charge in [0.05, 0.1) is 5.69 Å². The number of halogens is 4. The van der Waals surface area contributed by atoms with Crippen molar-refractivity contribution in [2.24, 2.45) is 7.05 Å². The molecule has 1 N–H and O–H groups in total. The molecule has 3 rings (SSSR count). The van der Waals surface area contributed by atoms with Crippen LogP contribution in [0.5, 0.6) is 0 Å². The summed E-state index contributed by atoms with van der Waals surface area (Å²) in [6, 6.07) is 11.9. The van der Waals surface area contributed by atoms with E-state index in [0.29, 0.717) is 16.9 Å². The normalized spacial score (nSPS) is 11.5. The molecule has 0 spiro atoms. The Morgan fingerprint density at radius 2 is 1.75 bits per heavy atom. The molecule has 0 bridgehead atoms. The predicted molar refractivity (Wildman–Crippen MR) is 101 cm³/mol. The molecule has 1 aromatic heterocycles. The Kier molecular flexibility index (Phi) is 5.53. The summed E-state index contributed by atoms with van der Waals surface area (Å²) in [7, 11) is 1.59. The SMILES string of the molecule is C=CCC(F)(F)c1cc(-c2ccc(NCc3c(F)cccc3F)cc2)n(C)n1. The summed E-state index contributed by atoms with van der Waals surface area (Å²) < 4.78 is 56.8. The topological polar surface area (TPSA) is 29.9 Å². The maximum absolute atomic E-state index is 14.0. The molecule has 0 aliphatic carbocycles. The van der Waals surface area contributed by atoms with E-state index < -0.39 is 24.0 Å². The first-order valence-corrected chi connectivity index (χ1v) is 8.62. The number of aryl methyl sites for hydroxylation is 1. The molecule has 0 fully saturated rings. The van der Waals surface area contributed by atoms with Crippen molar-refractivity contribution in [2.45, 2.75) is 18.9 Å². The third-order valence-electron chi connectivity index (χ3n) is 4.37. The van der Waals surface area contributed by atoms with E-state index in [4.69, 9.17) is 0 Å². The van der Waals surface area contributed by atoms with Crippen molar-refractivity contribution in [1.82, 2.24) is 9.78 Å². The molecule has 28 heavy (non-hydrogen) atoms. The first-order valence-electron chi connectivity index (χ1n) is 8.62. The molecule has 0 saturated heterocycles. The van der Waals surface area contributed by atoms with Crippen LogP contribution in [0.4, 0.5) is 23.2 Å². The summed E-state index contributed by atoms with van der Waals surface area (Å²) in [4.78, 5) is 0. The summed E-state index contributed by atoms with van der Waals surface area (Å²) in [5.74, 6) is -4.32. The van der Waals surface area contributed by atoms with Crippen molar-refractivity contribution < 1.29 is 17.6 Å². The highest BCUT2D eigenvalue weighted by Crippen LogP contribution is 2.33. The average Bonchev–Trinajstić information content (AvgIpc) is 3.04. The van der Waals surface area contributed by atoms with Crippen molar-refractivity contribution in [3.63, 3.8) is 0 Å². The number of rotatable bonds is 7. The molecule has 2 aromatic carbocycles. The Morgan fingerprint density at radius 1 is 1.11 bits per heavy atom. The van der Waals surface area contributed by atoms with Crippen LogP contribution < -0.4 is 5.32 Å². The fourth-order valence-electron chi connectivity index (χ4n) is 2.85.